The summed E-state index contributed by atoms with van der Waals surface area (Å²) in [5, 5.41) is 11.6. The molecule has 88 valence electrons. The minimum absolute atomic E-state index is 0.0994. The second kappa shape index (κ2) is 6.80. The number of aliphatic hydroxyl groups is 1. The number of hydrogen-bond donors (Lipinski definition) is 2. The van der Waals surface area contributed by atoms with E-state index in [1.165, 1.54) is 19.3 Å². The topological polar surface area (TPSA) is 52.6 Å². The summed E-state index contributed by atoms with van der Waals surface area (Å²) in [7, 11) is 0. The number of likely N-dealkylation sites (N-methyl/N-ethyl adjacent to an activating group) is 1. The molecule has 1 rings (SSSR count). The molecular weight excluding hydrogens is 192 g/mol. The number of carbonyl (C=O) groups is 1. The third-order valence-corrected chi connectivity index (χ3v) is 2.92. The SMILES string of the molecule is CCNC(=O)CN(CCCO)C1CCC1. The molecule has 1 aliphatic carbocycles. The Hall–Kier alpha value is -0.610. The van der Waals surface area contributed by atoms with E-state index in [0.717, 1.165) is 13.0 Å². The first kappa shape index (κ1) is 12.5. The third kappa shape index (κ3) is 4.18. The maximum absolute atomic E-state index is 11.4. The zero-order chi connectivity index (χ0) is 11.1. The third-order valence-electron chi connectivity index (χ3n) is 2.92. The van der Waals surface area contributed by atoms with Gasteiger partial charge in [-0.05, 0) is 26.2 Å². The predicted octanol–water partition coefficient (Wildman–Crippen LogP) is 0.359. The average molecular weight is 214 g/mol. The molecule has 1 saturated carbocycles. The number of nitrogens with one attached hydrogen (secondary N) is 1. The molecule has 1 fully saturated rings. The molecule has 0 bridgehead atoms. The molecule has 1 amide bonds. The van der Waals surface area contributed by atoms with E-state index < -0.39 is 0 Å². The lowest BCUT2D eigenvalue weighted by Gasteiger charge is -2.37. The van der Waals surface area contributed by atoms with Crippen molar-refractivity contribution in [2.24, 2.45) is 0 Å². The van der Waals surface area contributed by atoms with Crippen molar-refractivity contribution in [2.75, 3.05) is 26.2 Å². The quantitative estimate of drug-likeness (QED) is 0.643. The van der Waals surface area contributed by atoms with Crippen LogP contribution in [0.5, 0.6) is 0 Å². The van der Waals surface area contributed by atoms with Gasteiger partial charge in [0, 0.05) is 25.7 Å². The van der Waals surface area contributed by atoms with E-state index in [1.54, 1.807) is 0 Å². The Labute approximate surface area is 91.6 Å². The maximum atomic E-state index is 11.4. The van der Waals surface area contributed by atoms with E-state index in [2.05, 4.69) is 10.2 Å². The highest BCUT2D eigenvalue weighted by Gasteiger charge is 2.25. The van der Waals surface area contributed by atoms with Crippen LogP contribution in [0.3, 0.4) is 0 Å². The molecule has 0 unspecified atom stereocenters. The minimum atomic E-state index is 0.0994. The number of nitrogens with zero attached hydrogens (tertiary/aromatic N) is 1. The first-order valence-electron chi connectivity index (χ1n) is 5.89. The number of amides is 1. The Kier molecular flexibility index (Phi) is 5.65. The van der Waals surface area contributed by atoms with E-state index >= 15 is 0 Å². The Morgan fingerprint density at radius 2 is 2.27 bits per heavy atom. The molecule has 0 aromatic heterocycles. The van der Waals surface area contributed by atoms with Gasteiger partial charge in [-0.2, -0.15) is 0 Å². The Bertz CT molecular complexity index is 193. The van der Waals surface area contributed by atoms with Gasteiger partial charge in [0.1, 0.15) is 0 Å². The van der Waals surface area contributed by atoms with Crippen molar-refractivity contribution >= 4 is 5.91 Å². The Balaban J connectivity index is 2.30. The number of rotatable bonds is 7. The number of carbonyl (C=O) groups excluding carboxylic acids is 1. The van der Waals surface area contributed by atoms with Crippen LogP contribution in [0.15, 0.2) is 0 Å². The molecule has 0 radical (unpaired) electrons. The Morgan fingerprint density at radius 1 is 1.53 bits per heavy atom. The molecule has 4 nitrogen and oxygen atoms in total. The van der Waals surface area contributed by atoms with Gasteiger partial charge in [0.25, 0.3) is 0 Å². The first-order valence-corrected chi connectivity index (χ1v) is 5.89. The average Bonchev–Trinajstić information content (AvgIpc) is 2.11. The molecule has 0 aliphatic heterocycles. The van der Waals surface area contributed by atoms with E-state index in [9.17, 15) is 4.79 Å². The first-order chi connectivity index (χ1) is 7.27. The van der Waals surface area contributed by atoms with Crippen LogP contribution in [-0.2, 0) is 4.79 Å². The van der Waals surface area contributed by atoms with Gasteiger partial charge in [0.15, 0.2) is 0 Å². The maximum Gasteiger partial charge on any atom is 0.234 e. The highest BCUT2D eigenvalue weighted by molar-refractivity contribution is 5.77. The van der Waals surface area contributed by atoms with Gasteiger partial charge in [0.2, 0.25) is 5.91 Å². The summed E-state index contributed by atoms with van der Waals surface area (Å²) in [4.78, 5) is 13.6. The molecule has 0 heterocycles. The normalized spacial score (nSPS) is 16.5. The fraction of sp³-hybridized carbons (Fsp3) is 0.909. The molecule has 2 N–H and O–H groups in total. The zero-order valence-electron chi connectivity index (χ0n) is 9.54. The number of aliphatic hydroxyl groups excluding tert-OH is 1. The van der Waals surface area contributed by atoms with Crippen LogP contribution >= 0.6 is 0 Å². The van der Waals surface area contributed by atoms with E-state index in [4.69, 9.17) is 5.11 Å². The fourth-order valence-electron chi connectivity index (χ4n) is 1.85. The second-order valence-corrected chi connectivity index (χ2v) is 4.09. The molecule has 0 atom stereocenters. The van der Waals surface area contributed by atoms with E-state index in [0.29, 0.717) is 19.1 Å². The standard InChI is InChI=1S/C11H22N2O2/c1-2-12-11(15)9-13(7-4-8-14)10-5-3-6-10/h10,14H,2-9H2,1H3,(H,12,15). The smallest absolute Gasteiger partial charge is 0.234 e. The minimum Gasteiger partial charge on any atom is -0.396 e. The van der Waals surface area contributed by atoms with Crippen LogP contribution in [0.4, 0.5) is 0 Å². The van der Waals surface area contributed by atoms with Gasteiger partial charge in [-0.15, -0.1) is 0 Å². The molecule has 1 aliphatic rings. The molecule has 0 saturated heterocycles. The highest BCUT2D eigenvalue weighted by atomic mass is 16.3. The van der Waals surface area contributed by atoms with Crippen LogP contribution in [-0.4, -0.2) is 48.2 Å². The van der Waals surface area contributed by atoms with Crippen LogP contribution in [0, 0.1) is 0 Å². The number of hydrogen-bond acceptors (Lipinski definition) is 3. The van der Waals surface area contributed by atoms with Crippen molar-refractivity contribution in [3.8, 4) is 0 Å². The molecule has 15 heavy (non-hydrogen) atoms. The summed E-state index contributed by atoms with van der Waals surface area (Å²) in [5.41, 5.74) is 0. The molecule has 0 aromatic rings. The summed E-state index contributed by atoms with van der Waals surface area (Å²) in [5.74, 6) is 0.0994. The van der Waals surface area contributed by atoms with Gasteiger partial charge < -0.3 is 10.4 Å². The van der Waals surface area contributed by atoms with Crippen LogP contribution in [0.1, 0.15) is 32.6 Å². The van der Waals surface area contributed by atoms with E-state index in [-0.39, 0.29) is 12.5 Å². The van der Waals surface area contributed by atoms with Crippen molar-refractivity contribution in [1.29, 1.82) is 0 Å². The van der Waals surface area contributed by atoms with E-state index in [1.807, 2.05) is 6.92 Å². The largest absolute Gasteiger partial charge is 0.396 e. The molecule has 0 aromatic carbocycles. The lowest BCUT2D eigenvalue weighted by Crippen LogP contribution is -2.46. The van der Waals surface area contributed by atoms with Crippen LogP contribution < -0.4 is 5.32 Å². The molecule has 4 heteroatoms. The van der Waals surface area contributed by atoms with Crippen molar-refractivity contribution in [1.82, 2.24) is 10.2 Å². The lowest BCUT2D eigenvalue weighted by molar-refractivity contribution is -0.123. The molecular formula is C11H22N2O2. The lowest BCUT2D eigenvalue weighted by atomic mass is 9.91. The van der Waals surface area contributed by atoms with Gasteiger partial charge >= 0.3 is 0 Å². The zero-order valence-corrected chi connectivity index (χ0v) is 9.54. The van der Waals surface area contributed by atoms with Crippen LogP contribution in [0.2, 0.25) is 0 Å². The van der Waals surface area contributed by atoms with Crippen molar-refractivity contribution in [2.45, 2.75) is 38.6 Å². The van der Waals surface area contributed by atoms with Gasteiger partial charge in [0.05, 0.1) is 6.54 Å². The summed E-state index contributed by atoms with van der Waals surface area (Å²) >= 11 is 0. The Morgan fingerprint density at radius 3 is 2.73 bits per heavy atom. The monoisotopic (exact) mass is 214 g/mol. The second-order valence-electron chi connectivity index (χ2n) is 4.09. The summed E-state index contributed by atoms with van der Waals surface area (Å²) in [6.07, 6.45) is 4.43. The highest BCUT2D eigenvalue weighted by Crippen LogP contribution is 2.24. The van der Waals surface area contributed by atoms with Crippen LogP contribution in [0.25, 0.3) is 0 Å². The predicted molar refractivity (Wildman–Crippen MR) is 59.6 cm³/mol. The fourth-order valence-corrected chi connectivity index (χ4v) is 1.85. The van der Waals surface area contributed by atoms with Crippen molar-refractivity contribution in [3.05, 3.63) is 0 Å². The van der Waals surface area contributed by atoms with Gasteiger partial charge in [-0.25, -0.2) is 0 Å². The van der Waals surface area contributed by atoms with Crippen molar-refractivity contribution in [3.63, 3.8) is 0 Å². The van der Waals surface area contributed by atoms with Gasteiger partial charge in [-0.1, -0.05) is 6.42 Å². The summed E-state index contributed by atoms with van der Waals surface area (Å²) in [6.45, 7) is 4.14. The summed E-state index contributed by atoms with van der Waals surface area (Å²) < 4.78 is 0. The van der Waals surface area contributed by atoms with Crippen molar-refractivity contribution < 1.29 is 9.90 Å². The molecule has 0 spiro atoms. The van der Waals surface area contributed by atoms with Gasteiger partial charge in [-0.3, -0.25) is 9.69 Å². The summed E-state index contributed by atoms with van der Waals surface area (Å²) in [6, 6.07) is 0.569.